The predicted octanol–water partition coefficient (Wildman–Crippen LogP) is 5.25. The molecule has 0 atom stereocenters. The molecule has 3 rings (SSSR count). The van der Waals surface area contributed by atoms with Crippen LogP contribution in [0.2, 0.25) is 10.0 Å². The largest absolute Gasteiger partial charge is 0.347 e. The molecule has 5 heteroatoms. The molecule has 0 amide bonds. The molecule has 0 aromatic heterocycles. The van der Waals surface area contributed by atoms with Crippen LogP contribution < -0.4 is 5.30 Å². The fourth-order valence-electron chi connectivity index (χ4n) is 2.55. The van der Waals surface area contributed by atoms with E-state index in [4.69, 9.17) is 23.2 Å². The fourth-order valence-corrected chi connectivity index (χ4v) is 3.60. The maximum Gasteiger partial charge on any atom is 0.200 e. The molecule has 0 saturated heterocycles. The number of hydrogen-bond acceptors (Lipinski definition) is 2. The Balaban J connectivity index is 2.30. The molecule has 0 aliphatic heterocycles. The van der Waals surface area contributed by atoms with Crippen LogP contribution in [0.1, 0.15) is 0 Å². The molecule has 0 spiro atoms. The molecule has 0 saturated carbocycles. The topological polar surface area (TPSA) is 40.5 Å². The van der Waals surface area contributed by atoms with Crippen LogP contribution in [0, 0.1) is 0 Å². The highest BCUT2D eigenvalue weighted by Gasteiger charge is 2.17. The van der Waals surface area contributed by atoms with Crippen molar-refractivity contribution in [3.8, 4) is 22.3 Å². The van der Waals surface area contributed by atoms with Gasteiger partial charge in [-0.15, -0.1) is 0 Å². The highest BCUT2D eigenvalue weighted by atomic mass is 35.5. The summed E-state index contributed by atoms with van der Waals surface area (Å²) >= 11 is 12.2. The smallest absolute Gasteiger partial charge is 0.200 e. The Morgan fingerprint density at radius 1 is 0.696 bits per heavy atom. The monoisotopic (exact) mass is 362 g/mol. The Morgan fingerprint density at radius 3 is 1.87 bits per heavy atom. The lowest BCUT2D eigenvalue weighted by molar-refractivity contribution is 0.497. The molecular weight excluding hydrogens is 350 g/mol. The first kappa shape index (κ1) is 16.4. The summed E-state index contributed by atoms with van der Waals surface area (Å²) in [6.07, 6.45) is 0. The average molecular weight is 363 g/mol. The van der Waals surface area contributed by atoms with Gasteiger partial charge >= 0.3 is 0 Å². The Labute approximate surface area is 145 Å². The molecular formula is C18H13Cl2O2P. The Hall–Kier alpha value is -1.41. The first-order valence-corrected chi connectivity index (χ1v) is 8.89. The Morgan fingerprint density at radius 2 is 1.26 bits per heavy atom. The summed E-state index contributed by atoms with van der Waals surface area (Å²) in [6.45, 7) is 0. The fraction of sp³-hybridized carbons (Fsp3) is 0. The van der Waals surface area contributed by atoms with E-state index in [1.165, 1.54) is 0 Å². The number of hydrogen-bond donors (Lipinski definition) is 2. The zero-order valence-electron chi connectivity index (χ0n) is 11.9. The first-order valence-electron chi connectivity index (χ1n) is 6.89. The SMILES string of the molecule is OP(O)c1cccc(-c2cccc(Cl)c2)c1-c1cccc(Cl)c1. The normalized spacial score (nSPS) is 11.0. The summed E-state index contributed by atoms with van der Waals surface area (Å²) in [6, 6.07) is 20.3. The van der Waals surface area contributed by atoms with Crippen LogP contribution in [0.15, 0.2) is 66.7 Å². The molecule has 3 aromatic carbocycles. The highest BCUT2D eigenvalue weighted by Crippen LogP contribution is 2.38. The molecule has 2 N–H and O–H groups in total. The molecule has 0 unspecified atom stereocenters. The van der Waals surface area contributed by atoms with Gasteiger partial charge in [0.05, 0.1) is 0 Å². The molecule has 0 heterocycles. The predicted molar refractivity (Wildman–Crippen MR) is 98.3 cm³/mol. The number of rotatable bonds is 3. The molecule has 0 aliphatic rings. The summed E-state index contributed by atoms with van der Waals surface area (Å²) < 4.78 is 0. The van der Waals surface area contributed by atoms with E-state index in [0.29, 0.717) is 15.3 Å². The minimum absolute atomic E-state index is 0.486. The maximum absolute atomic E-state index is 9.82. The van der Waals surface area contributed by atoms with Crippen LogP contribution in [0.4, 0.5) is 0 Å². The van der Waals surface area contributed by atoms with Gasteiger partial charge in [0.2, 0.25) is 0 Å². The lowest BCUT2D eigenvalue weighted by atomic mass is 9.94. The van der Waals surface area contributed by atoms with Crippen molar-refractivity contribution in [3.63, 3.8) is 0 Å². The second-order valence-electron chi connectivity index (χ2n) is 5.01. The lowest BCUT2D eigenvalue weighted by Crippen LogP contribution is -2.06. The molecule has 2 nitrogen and oxygen atoms in total. The van der Waals surface area contributed by atoms with Crippen LogP contribution in [-0.2, 0) is 0 Å². The molecule has 0 fully saturated rings. The Kier molecular flexibility index (Phi) is 5.01. The average Bonchev–Trinajstić information content (AvgIpc) is 2.54. The molecule has 116 valence electrons. The van der Waals surface area contributed by atoms with Gasteiger partial charge in [-0.05, 0) is 47.0 Å². The van der Waals surface area contributed by atoms with E-state index in [9.17, 15) is 9.79 Å². The van der Waals surface area contributed by atoms with Crippen molar-refractivity contribution < 1.29 is 9.79 Å². The van der Waals surface area contributed by atoms with Crippen molar-refractivity contribution in [2.75, 3.05) is 0 Å². The zero-order chi connectivity index (χ0) is 16.4. The minimum atomic E-state index is -2.24. The molecule has 0 bridgehead atoms. The van der Waals surface area contributed by atoms with Crippen molar-refractivity contribution in [2.45, 2.75) is 0 Å². The van der Waals surface area contributed by atoms with Crippen LogP contribution in [0.3, 0.4) is 0 Å². The Bertz CT molecular complexity index is 850. The van der Waals surface area contributed by atoms with Crippen LogP contribution in [0.5, 0.6) is 0 Å². The second kappa shape index (κ2) is 7.00. The van der Waals surface area contributed by atoms with Gasteiger partial charge in [-0.25, -0.2) is 0 Å². The lowest BCUT2D eigenvalue weighted by Gasteiger charge is -2.16. The van der Waals surface area contributed by atoms with Gasteiger partial charge in [0, 0.05) is 20.9 Å². The van der Waals surface area contributed by atoms with Crippen molar-refractivity contribution in [3.05, 3.63) is 76.8 Å². The van der Waals surface area contributed by atoms with Gasteiger partial charge in [-0.2, -0.15) is 0 Å². The third kappa shape index (κ3) is 3.58. The summed E-state index contributed by atoms with van der Waals surface area (Å²) in [5.41, 5.74) is 3.38. The molecule has 3 aromatic rings. The van der Waals surface area contributed by atoms with E-state index in [2.05, 4.69) is 0 Å². The maximum atomic E-state index is 9.82. The van der Waals surface area contributed by atoms with E-state index < -0.39 is 8.38 Å². The van der Waals surface area contributed by atoms with Gasteiger partial charge in [0.15, 0.2) is 8.38 Å². The second-order valence-corrected chi connectivity index (χ2v) is 6.94. The van der Waals surface area contributed by atoms with Gasteiger partial charge in [-0.3, -0.25) is 0 Å². The van der Waals surface area contributed by atoms with E-state index in [-0.39, 0.29) is 0 Å². The minimum Gasteiger partial charge on any atom is -0.347 e. The van der Waals surface area contributed by atoms with Gasteiger partial charge < -0.3 is 9.79 Å². The van der Waals surface area contributed by atoms with E-state index >= 15 is 0 Å². The van der Waals surface area contributed by atoms with Gasteiger partial charge in [0.1, 0.15) is 0 Å². The number of benzene rings is 3. The third-order valence-corrected chi connectivity index (χ3v) is 4.78. The standard InChI is InChI=1S/C18H13Cl2O2P/c19-14-6-1-4-12(10-14)16-8-3-9-17(23(21)22)18(16)13-5-2-7-15(20)11-13/h1-11,21-22H. The first-order chi connectivity index (χ1) is 11.1. The van der Waals surface area contributed by atoms with Crippen LogP contribution in [-0.4, -0.2) is 9.79 Å². The zero-order valence-corrected chi connectivity index (χ0v) is 14.4. The third-order valence-electron chi connectivity index (χ3n) is 3.51. The summed E-state index contributed by atoms with van der Waals surface area (Å²) in [5, 5.41) is 1.70. The number of halogens is 2. The van der Waals surface area contributed by atoms with Crippen molar-refractivity contribution in [2.24, 2.45) is 0 Å². The van der Waals surface area contributed by atoms with Crippen molar-refractivity contribution in [1.82, 2.24) is 0 Å². The summed E-state index contributed by atoms with van der Waals surface area (Å²) in [4.78, 5) is 19.6. The van der Waals surface area contributed by atoms with E-state index in [1.807, 2.05) is 42.5 Å². The van der Waals surface area contributed by atoms with Crippen molar-refractivity contribution >= 4 is 36.9 Å². The van der Waals surface area contributed by atoms with Crippen LogP contribution >= 0.6 is 31.6 Å². The molecule has 0 aliphatic carbocycles. The van der Waals surface area contributed by atoms with Crippen molar-refractivity contribution in [1.29, 1.82) is 0 Å². The van der Waals surface area contributed by atoms with E-state index in [0.717, 1.165) is 22.3 Å². The highest BCUT2D eigenvalue weighted by molar-refractivity contribution is 7.54. The quantitative estimate of drug-likeness (QED) is 0.624. The van der Waals surface area contributed by atoms with Gasteiger partial charge in [0.25, 0.3) is 0 Å². The van der Waals surface area contributed by atoms with Crippen LogP contribution in [0.25, 0.3) is 22.3 Å². The van der Waals surface area contributed by atoms with E-state index in [1.54, 1.807) is 24.3 Å². The van der Waals surface area contributed by atoms with Gasteiger partial charge in [-0.1, -0.05) is 59.6 Å². The molecule has 23 heavy (non-hydrogen) atoms. The summed E-state index contributed by atoms with van der Waals surface area (Å²) in [5.74, 6) is 0. The molecule has 0 radical (unpaired) electrons. The summed E-state index contributed by atoms with van der Waals surface area (Å²) in [7, 11) is -2.24.